The molecule has 8 heteroatoms. The van der Waals surface area contributed by atoms with E-state index in [2.05, 4.69) is 5.32 Å². The molecule has 7 nitrogen and oxygen atoms in total. The van der Waals surface area contributed by atoms with E-state index in [1.165, 1.54) is 18.4 Å². The van der Waals surface area contributed by atoms with Gasteiger partial charge in [-0.1, -0.05) is 6.92 Å². The number of hydrogen-bond acceptors (Lipinski definition) is 7. The summed E-state index contributed by atoms with van der Waals surface area (Å²) in [4.78, 5) is 36.5. The van der Waals surface area contributed by atoms with Crippen LogP contribution < -0.4 is 10.1 Å². The first-order chi connectivity index (χ1) is 14.0. The molecule has 0 aliphatic carbocycles. The van der Waals surface area contributed by atoms with E-state index in [9.17, 15) is 14.4 Å². The van der Waals surface area contributed by atoms with Crippen LogP contribution in [0, 0.1) is 5.92 Å². The summed E-state index contributed by atoms with van der Waals surface area (Å²) >= 11 is 1.37. The molecular formula is C22H29NO6S. The van der Waals surface area contributed by atoms with Crippen molar-refractivity contribution in [2.24, 2.45) is 5.92 Å². The van der Waals surface area contributed by atoms with E-state index in [0.717, 1.165) is 15.6 Å². The van der Waals surface area contributed by atoms with E-state index >= 15 is 0 Å². The maximum absolute atomic E-state index is 12.6. The summed E-state index contributed by atoms with van der Waals surface area (Å²) in [6, 6.07) is 5.68. The van der Waals surface area contributed by atoms with Gasteiger partial charge in [0.1, 0.15) is 11.4 Å². The van der Waals surface area contributed by atoms with Gasteiger partial charge in [-0.15, -0.1) is 11.3 Å². The van der Waals surface area contributed by atoms with Gasteiger partial charge >= 0.3 is 12.1 Å². The Morgan fingerprint density at radius 3 is 2.43 bits per heavy atom. The summed E-state index contributed by atoms with van der Waals surface area (Å²) in [5.41, 5.74) is 0.367. The number of ketones is 1. The molecule has 2 rings (SSSR count). The van der Waals surface area contributed by atoms with E-state index < -0.39 is 23.6 Å². The monoisotopic (exact) mass is 435 g/mol. The highest BCUT2D eigenvalue weighted by Gasteiger charge is 2.21. The fourth-order valence-corrected chi connectivity index (χ4v) is 3.94. The van der Waals surface area contributed by atoms with Crippen molar-refractivity contribution in [3.05, 3.63) is 28.6 Å². The normalized spacial score (nSPS) is 12.3. The molecule has 1 heterocycles. The van der Waals surface area contributed by atoms with Gasteiger partial charge in [0.2, 0.25) is 0 Å². The molecule has 0 saturated heterocycles. The predicted octanol–water partition coefficient (Wildman–Crippen LogP) is 4.36. The molecule has 164 valence electrons. The van der Waals surface area contributed by atoms with E-state index in [-0.39, 0.29) is 12.2 Å². The lowest BCUT2D eigenvalue weighted by Gasteiger charge is -2.19. The van der Waals surface area contributed by atoms with Crippen molar-refractivity contribution in [3.8, 4) is 5.75 Å². The van der Waals surface area contributed by atoms with Crippen LogP contribution in [-0.4, -0.2) is 44.2 Å². The second kappa shape index (κ2) is 9.93. The molecule has 0 bridgehead atoms. The first-order valence-electron chi connectivity index (χ1n) is 9.72. The summed E-state index contributed by atoms with van der Waals surface area (Å²) in [6.07, 6.45) is 0.186. The highest BCUT2D eigenvalue weighted by molar-refractivity contribution is 7.20. The number of hydrogen-bond donors (Lipinski definition) is 1. The lowest BCUT2D eigenvalue weighted by molar-refractivity contribution is -0.144. The Balaban J connectivity index is 2.12. The number of methoxy groups -OCH3 is 2. The van der Waals surface area contributed by atoms with E-state index in [1.54, 1.807) is 14.0 Å². The number of amides is 1. The lowest BCUT2D eigenvalue weighted by atomic mass is 10.0. The molecule has 1 aromatic heterocycles. The van der Waals surface area contributed by atoms with Crippen molar-refractivity contribution in [2.45, 2.75) is 46.1 Å². The molecule has 1 atom stereocenters. The number of Topliss-reactive ketones (excluding diaryl/α,β-unsaturated/α-hetero) is 1. The fourth-order valence-electron chi connectivity index (χ4n) is 2.91. The summed E-state index contributed by atoms with van der Waals surface area (Å²) in [5, 5.41) is 3.65. The SMILES string of the molecule is COC(=O)C(C)CC(=O)c1cc2cc(CCNC(=O)OC(C)(C)C)c(OC)cc2s1. The Kier molecular flexibility index (Phi) is 7.83. The molecule has 0 saturated carbocycles. The van der Waals surface area contributed by atoms with Crippen LogP contribution in [-0.2, 0) is 20.7 Å². The molecule has 1 N–H and O–H groups in total. The van der Waals surface area contributed by atoms with E-state index in [4.69, 9.17) is 14.2 Å². The van der Waals surface area contributed by atoms with E-state index in [0.29, 0.717) is 23.6 Å². The Morgan fingerprint density at radius 2 is 1.83 bits per heavy atom. The highest BCUT2D eigenvalue weighted by atomic mass is 32.1. The van der Waals surface area contributed by atoms with Gasteiger partial charge in [0, 0.05) is 17.7 Å². The average molecular weight is 436 g/mol. The van der Waals surface area contributed by atoms with Gasteiger partial charge in [-0.05, 0) is 56.3 Å². The smallest absolute Gasteiger partial charge is 0.407 e. The molecule has 1 unspecified atom stereocenters. The summed E-state index contributed by atoms with van der Waals surface area (Å²) in [5.74, 6) is -0.291. The summed E-state index contributed by atoms with van der Waals surface area (Å²) in [7, 11) is 2.90. The second-order valence-electron chi connectivity index (χ2n) is 8.04. The van der Waals surface area contributed by atoms with Crippen molar-refractivity contribution < 1.29 is 28.6 Å². The molecule has 0 radical (unpaired) electrons. The number of thiophene rings is 1. The predicted molar refractivity (Wildman–Crippen MR) is 116 cm³/mol. The van der Waals surface area contributed by atoms with Crippen LogP contribution in [0.25, 0.3) is 10.1 Å². The lowest BCUT2D eigenvalue weighted by Crippen LogP contribution is -2.33. The number of rotatable bonds is 8. The van der Waals surface area contributed by atoms with Crippen LogP contribution in [0.15, 0.2) is 18.2 Å². The van der Waals surface area contributed by atoms with Gasteiger partial charge < -0.3 is 19.5 Å². The quantitative estimate of drug-likeness (QED) is 0.489. The number of nitrogens with one attached hydrogen (secondary N) is 1. The molecule has 0 fully saturated rings. The Morgan fingerprint density at radius 1 is 1.13 bits per heavy atom. The first-order valence-corrected chi connectivity index (χ1v) is 10.5. The fraction of sp³-hybridized carbons (Fsp3) is 0.500. The molecule has 1 amide bonds. The third-order valence-corrected chi connectivity index (χ3v) is 5.49. The number of alkyl carbamates (subject to hydrolysis) is 1. The van der Waals surface area contributed by atoms with Gasteiger partial charge in [0.25, 0.3) is 0 Å². The van der Waals surface area contributed by atoms with Gasteiger partial charge in [-0.3, -0.25) is 9.59 Å². The third kappa shape index (κ3) is 6.45. The van der Waals surface area contributed by atoms with Crippen molar-refractivity contribution in [2.75, 3.05) is 20.8 Å². The maximum Gasteiger partial charge on any atom is 0.407 e. The van der Waals surface area contributed by atoms with Crippen LogP contribution in [0.2, 0.25) is 0 Å². The van der Waals surface area contributed by atoms with Crippen molar-refractivity contribution >= 4 is 39.3 Å². The summed E-state index contributed by atoms with van der Waals surface area (Å²) in [6.45, 7) is 7.50. The number of fused-ring (bicyclic) bond motifs is 1. The van der Waals surface area contributed by atoms with Crippen LogP contribution in [0.5, 0.6) is 5.75 Å². The molecule has 0 aliphatic heterocycles. The summed E-state index contributed by atoms with van der Waals surface area (Å²) < 4.78 is 16.3. The molecule has 0 aliphatic rings. The van der Waals surface area contributed by atoms with Gasteiger partial charge in [-0.25, -0.2) is 4.79 Å². The number of carbonyl (C=O) groups excluding carboxylic acids is 3. The van der Waals surface area contributed by atoms with Crippen LogP contribution in [0.3, 0.4) is 0 Å². The van der Waals surface area contributed by atoms with Crippen molar-refractivity contribution in [1.82, 2.24) is 5.32 Å². The Labute approximate surface area is 180 Å². The standard InChI is InChI=1S/C22H29NO6S/c1-13(20(25)28-6)9-16(24)19-11-15-10-14(17(27-5)12-18(15)30-19)7-8-23-21(26)29-22(2,3)4/h10-13H,7-9H2,1-6H3,(H,23,26). The van der Waals surface area contributed by atoms with Gasteiger partial charge in [-0.2, -0.15) is 0 Å². The first kappa shape index (κ1) is 23.7. The average Bonchev–Trinajstić information content (AvgIpc) is 3.08. The third-order valence-electron chi connectivity index (χ3n) is 4.35. The zero-order valence-electron chi connectivity index (χ0n) is 18.3. The molecule has 2 aromatic rings. The Hall–Kier alpha value is -2.61. The minimum absolute atomic E-state index is 0.0961. The molecule has 0 spiro atoms. The topological polar surface area (TPSA) is 90.9 Å². The number of carbonyl (C=O) groups is 3. The van der Waals surface area contributed by atoms with Crippen LogP contribution in [0.4, 0.5) is 4.79 Å². The van der Waals surface area contributed by atoms with Crippen molar-refractivity contribution in [3.63, 3.8) is 0 Å². The number of ether oxygens (including phenoxy) is 3. The van der Waals surface area contributed by atoms with Crippen LogP contribution in [0.1, 0.15) is 49.4 Å². The minimum atomic E-state index is -0.550. The minimum Gasteiger partial charge on any atom is -0.496 e. The highest BCUT2D eigenvalue weighted by Crippen LogP contribution is 2.33. The number of esters is 1. The molecule has 30 heavy (non-hydrogen) atoms. The number of benzene rings is 1. The second-order valence-corrected chi connectivity index (χ2v) is 9.13. The molecule has 1 aromatic carbocycles. The Bertz CT molecular complexity index is 928. The van der Waals surface area contributed by atoms with Crippen molar-refractivity contribution in [1.29, 1.82) is 0 Å². The zero-order valence-corrected chi connectivity index (χ0v) is 19.1. The van der Waals surface area contributed by atoms with Crippen LogP contribution >= 0.6 is 11.3 Å². The largest absolute Gasteiger partial charge is 0.496 e. The van der Waals surface area contributed by atoms with Gasteiger partial charge in [0.15, 0.2) is 5.78 Å². The van der Waals surface area contributed by atoms with Gasteiger partial charge in [0.05, 0.1) is 25.0 Å². The molecular weight excluding hydrogens is 406 g/mol. The zero-order chi connectivity index (χ0) is 22.5. The van der Waals surface area contributed by atoms with E-state index in [1.807, 2.05) is 39.0 Å². The maximum atomic E-state index is 12.6.